The maximum atomic E-state index is 12.3. The predicted molar refractivity (Wildman–Crippen MR) is 88.9 cm³/mol. The third kappa shape index (κ3) is 4.74. The number of benzene rings is 1. The fraction of sp³-hybridized carbons (Fsp3) is 0.286. The molecule has 1 aromatic heterocycles. The molecule has 0 aliphatic rings. The highest BCUT2D eigenvalue weighted by atomic mass is 35.5. The van der Waals surface area contributed by atoms with Crippen LogP contribution in [-0.4, -0.2) is 47.5 Å². The van der Waals surface area contributed by atoms with E-state index in [4.69, 9.17) is 0 Å². The van der Waals surface area contributed by atoms with Crippen molar-refractivity contribution in [3.05, 3.63) is 48.5 Å². The van der Waals surface area contributed by atoms with E-state index in [9.17, 15) is 4.79 Å². The molecule has 2 aromatic rings. The van der Waals surface area contributed by atoms with Crippen LogP contribution in [0.4, 0.5) is 0 Å². The molecule has 1 aromatic carbocycles. The average molecular weight is 331 g/mol. The normalized spacial score (nSPS) is 9.43. The lowest BCUT2D eigenvalue weighted by Gasteiger charge is -2.17. The number of carbonyl (C=O) groups is 1. The van der Waals surface area contributed by atoms with Gasteiger partial charge in [-0.2, -0.15) is 0 Å². The van der Waals surface area contributed by atoms with E-state index in [1.54, 1.807) is 29.0 Å². The summed E-state index contributed by atoms with van der Waals surface area (Å²) in [7, 11) is 3.66. The number of hydrogen-bond acceptors (Lipinski definition) is 3. The molecule has 0 saturated carbocycles. The summed E-state index contributed by atoms with van der Waals surface area (Å²) in [4.78, 5) is 18.1. The first kappa shape index (κ1) is 19.4. The molecule has 0 atom stereocenters. The van der Waals surface area contributed by atoms with Crippen LogP contribution >= 0.6 is 24.8 Å². The lowest BCUT2D eigenvalue weighted by atomic mass is 10.3. The molecule has 7 heteroatoms. The predicted octanol–water partition coefficient (Wildman–Crippen LogP) is 2.01. The van der Waals surface area contributed by atoms with Gasteiger partial charge in [0.1, 0.15) is 5.69 Å². The van der Waals surface area contributed by atoms with E-state index in [2.05, 4.69) is 10.3 Å². The zero-order valence-electron chi connectivity index (χ0n) is 12.0. The number of likely N-dealkylation sites (N-methyl/N-ethyl adjacent to an activating group) is 2. The first-order valence-corrected chi connectivity index (χ1v) is 6.22. The summed E-state index contributed by atoms with van der Waals surface area (Å²) in [6.07, 6.45) is 3.26. The van der Waals surface area contributed by atoms with Crippen LogP contribution < -0.4 is 5.32 Å². The Morgan fingerprint density at radius 1 is 1.29 bits per heavy atom. The van der Waals surface area contributed by atoms with Crippen molar-refractivity contribution in [1.29, 1.82) is 0 Å². The van der Waals surface area contributed by atoms with Crippen LogP contribution in [0.5, 0.6) is 0 Å². The van der Waals surface area contributed by atoms with Gasteiger partial charge in [-0.3, -0.25) is 9.36 Å². The molecular formula is C14H20Cl2N4O. The van der Waals surface area contributed by atoms with Crippen molar-refractivity contribution in [2.24, 2.45) is 0 Å². The third-order valence-corrected chi connectivity index (χ3v) is 2.94. The summed E-state index contributed by atoms with van der Waals surface area (Å²) in [5.74, 6) is -0.0309. The maximum Gasteiger partial charge on any atom is 0.272 e. The molecule has 0 aliphatic carbocycles. The topological polar surface area (TPSA) is 50.2 Å². The number of nitrogens with zero attached hydrogens (tertiary/aromatic N) is 3. The van der Waals surface area contributed by atoms with Crippen LogP contribution in [0.3, 0.4) is 0 Å². The smallest absolute Gasteiger partial charge is 0.272 e. The summed E-state index contributed by atoms with van der Waals surface area (Å²) in [5, 5.41) is 3.03. The number of amides is 1. The molecule has 0 unspecified atom stereocenters. The molecule has 1 heterocycles. The van der Waals surface area contributed by atoms with Gasteiger partial charge in [-0.05, 0) is 19.2 Å². The highest BCUT2D eigenvalue weighted by Gasteiger charge is 2.16. The molecule has 0 aliphatic heterocycles. The van der Waals surface area contributed by atoms with Crippen molar-refractivity contribution in [3.8, 4) is 5.69 Å². The van der Waals surface area contributed by atoms with E-state index in [1.807, 2.05) is 37.4 Å². The molecule has 0 radical (unpaired) electrons. The Hall–Kier alpha value is -1.56. The quantitative estimate of drug-likeness (QED) is 0.912. The first-order chi connectivity index (χ1) is 9.24. The number of nitrogens with one attached hydrogen (secondary N) is 1. The van der Waals surface area contributed by atoms with Gasteiger partial charge < -0.3 is 10.2 Å². The molecule has 1 N–H and O–H groups in total. The van der Waals surface area contributed by atoms with Crippen molar-refractivity contribution in [2.45, 2.75) is 0 Å². The van der Waals surface area contributed by atoms with Gasteiger partial charge in [0.05, 0.1) is 12.5 Å². The summed E-state index contributed by atoms with van der Waals surface area (Å²) in [6, 6.07) is 9.72. The fourth-order valence-electron chi connectivity index (χ4n) is 1.82. The minimum absolute atomic E-state index is 0. The van der Waals surface area contributed by atoms with Crippen LogP contribution in [0, 0.1) is 0 Å². The van der Waals surface area contributed by atoms with Gasteiger partial charge >= 0.3 is 0 Å². The third-order valence-electron chi connectivity index (χ3n) is 2.94. The van der Waals surface area contributed by atoms with Gasteiger partial charge in [-0.1, -0.05) is 18.2 Å². The SMILES string of the molecule is CNCCN(C)C(=O)c1cncn1-c1ccccc1.Cl.Cl. The van der Waals surface area contributed by atoms with Crippen molar-refractivity contribution >= 4 is 30.7 Å². The van der Waals surface area contributed by atoms with Crippen molar-refractivity contribution in [3.63, 3.8) is 0 Å². The standard InChI is InChI=1S/C14H18N4O.2ClH/c1-15-8-9-17(2)14(19)13-10-16-11-18(13)12-6-4-3-5-7-12;;/h3-7,10-11,15H,8-9H2,1-2H3;2*1H. The second-order valence-electron chi connectivity index (χ2n) is 4.31. The second-order valence-corrected chi connectivity index (χ2v) is 4.31. The minimum atomic E-state index is -0.0309. The van der Waals surface area contributed by atoms with E-state index >= 15 is 0 Å². The molecule has 1 amide bonds. The molecule has 0 bridgehead atoms. The highest BCUT2D eigenvalue weighted by Crippen LogP contribution is 2.12. The lowest BCUT2D eigenvalue weighted by Crippen LogP contribution is -2.33. The van der Waals surface area contributed by atoms with Gasteiger partial charge in [-0.15, -0.1) is 24.8 Å². The Morgan fingerprint density at radius 3 is 2.57 bits per heavy atom. The number of carbonyl (C=O) groups excluding carboxylic acids is 1. The Labute approximate surface area is 137 Å². The van der Waals surface area contributed by atoms with Crippen molar-refractivity contribution in [1.82, 2.24) is 19.8 Å². The van der Waals surface area contributed by atoms with E-state index in [0.29, 0.717) is 12.2 Å². The largest absolute Gasteiger partial charge is 0.339 e. The number of para-hydroxylation sites is 1. The van der Waals surface area contributed by atoms with Gasteiger partial charge in [0, 0.05) is 25.8 Å². The van der Waals surface area contributed by atoms with Gasteiger partial charge in [-0.25, -0.2) is 4.98 Å². The summed E-state index contributed by atoms with van der Waals surface area (Å²) in [5.41, 5.74) is 1.51. The van der Waals surface area contributed by atoms with Gasteiger partial charge in [0.2, 0.25) is 0 Å². The Bertz CT molecular complexity index is 545. The van der Waals surface area contributed by atoms with Gasteiger partial charge in [0.15, 0.2) is 0 Å². The van der Waals surface area contributed by atoms with E-state index in [0.717, 1.165) is 12.2 Å². The van der Waals surface area contributed by atoms with E-state index in [1.165, 1.54) is 0 Å². The molecular weight excluding hydrogens is 311 g/mol. The highest BCUT2D eigenvalue weighted by molar-refractivity contribution is 5.92. The first-order valence-electron chi connectivity index (χ1n) is 6.22. The molecule has 0 saturated heterocycles. The molecule has 116 valence electrons. The molecule has 5 nitrogen and oxygen atoms in total. The minimum Gasteiger partial charge on any atom is -0.339 e. The van der Waals surface area contributed by atoms with E-state index in [-0.39, 0.29) is 30.7 Å². The summed E-state index contributed by atoms with van der Waals surface area (Å²) < 4.78 is 1.80. The monoisotopic (exact) mass is 330 g/mol. The lowest BCUT2D eigenvalue weighted by molar-refractivity contribution is 0.0789. The van der Waals surface area contributed by atoms with Crippen LogP contribution in [0.25, 0.3) is 5.69 Å². The van der Waals surface area contributed by atoms with Crippen molar-refractivity contribution < 1.29 is 4.79 Å². The average Bonchev–Trinajstić information content (AvgIpc) is 2.94. The number of hydrogen-bond donors (Lipinski definition) is 1. The van der Waals surface area contributed by atoms with E-state index < -0.39 is 0 Å². The second kappa shape index (κ2) is 9.39. The zero-order valence-corrected chi connectivity index (χ0v) is 13.7. The Morgan fingerprint density at radius 2 is 1.95 bits per heavy atom. The molecule has 0 spiro atoms. The molecule has 21 heavy (non-hydrogen) atoms. The number of aromatic nitrogens is 2. The molecule has 0 fully saturated rings. The van der Waals surface area contributed by atoms with Crippen LogP contribution in [-0.2, 0) is 0 Å². The maximum absolute atomic E-state index is 12.3. The van der Waals surface area contributed by atoms with Gasteiger partial charge in [0.25, 0.3) is 5.91 Å². The van der Waals surface area contributed by atoms with Crippen LogP contribution in [0.1, 0.15) is 10.5 Å². The van der Waals surface area contributed by atoms with Crippen LogP contribution in [0.2, 0.25) is 0 Å². The Balaban J connectivity index is 0.00000200. The Kier molecular flexibility index (Phi) is 8.69. The zero-order chi connectivity index (χ0) is 13.7. The number of rotatable bonds is 5. The van der Waals surface area contributed by atoms with Crippen molar-refractivity contribution in [2.75, 3.05) is 27.2 Å². The summed E-state index contributed by atoms with van der Waals surface area (Å²) >= 11 is 0. The molecule has 2 rings (SSSR count). The summed E-state index contributed by atoms with van der Waals surface area (Å²) in [6.45, 7) is 1.43. The number of halogens is 2. The number of imidazole rings is 1. The van der Waals surface area contributed by atoms with Crippen LogP contribution in [0.15, 0.2) is 42.9 Å². The fourth-order valence-corrected chi connectivity index (χ4v) is 1.82.